The number of rotatable bonds is 6. The quantitative estimate of drug-likeness (QED) is 0.432. The minimum absolute atomic E-state index is 0.149. The Labute approximate surface area is 171 Å². The number of phenolic OH excluding ortho intramolecular Hbond substituents is 1. The van der Waals surface area contributed by atoms with Crippen molar-refractivity contribution in [1.29, 1.82) is 0 Å². The normalized spacial score (nSPS) is 10.7. The Morgan fingerprint density at radius 3 is 2.30 bits per heavy atom. The lowest BCUT2D eigenvalue weighted by molar-refractivity contribution is 0.303. The Morgan fingerprint density at radius 1 is 0.889 bits per heavy atom. The fraction of sp³-hybridized carbons (Fsp3) is 0.100. The van der Waals surface area contributed by atoms with Gasteiger partial charge in [-0.15, -0.1) is 0 Å². The highest BCUT2D eigenvalue weighted by atomic mass is 35.5. The van der Waals surface area contributed by atoms with Crippen molar-refractivity contribution in [3.63, 3.8) is 0 Å². The average Bonchev–Trinajstić information content (AvgIpc) is 2.64. The predicted molar refractivity (Wildman–Crippen MR) is 108 cm³/mol. The van der Waals surface area contributed by atoms with Crippen LogP contribution in [0.4, 0.5) is 10.1 Å². The van der Waals surface area contributed by atoms with Gasteiger partial charge in [0.25, 0.3) is 0 Å². The Morgan fingerprint density at radius 2 is 1.59 bits per heavy atom. The van der Waals surface area contributed by atoms with E-state index in [0.717, 1.165) is 5.56 Å². The Kier molecular flexibility index (Phi) is 6.32. The van der Waals surface area contributed by atoms with Crippen LogP contribution in [-0.2, 0) is 13.2 Å². The van der Waals surface area contributed by atoms with E-state index in [4.69, 9.17) is 39.5 Å². The van der Waals surface area contributed by atoms with Gasteiger partial charge in [0.15, 0.2) is 5.75 Å². The highest BCUT2D eigenvalue weighted by Crippen LogP contribution is 2.35. The van der Waals surface area contributed by atoms with E-state index >= 15 is 0 Å². The molecule has 7 heteroatoms. The van der Waals surface area contributed by atoms with E-state index in [1.165, 1.54) is 12.1 Å². The van der Waals surface area contributed by atoms with Crippen LogP contribution in [0.15, 0.2) is 54.6 Å². The molecule has 0 aliphatic rings. The summed E-state index contributed by atoms with van der Waals surface area (Å²) in [4.78, 5) is 0. The van der Waals surface area contributed by atoms with Crippen LogP contribution in [0.2, 0.25) is 15.1 Å². The first kappa shape index (κ1) is 19.6. The summed E-state index contributed by atoms with van der Waals surface area (Å²) in [5, 5.41) is 13.5. The maximum atomic E-state index is 13.2. The van der Waals surface area contributed by atoms with Crippen molar-refractivity contribution in [2.75, 3.05) is 5.32 Å². The zero-order chi connectivity index (χ0) is 19.4. The lowest BCUT2D eigenvalue weighted by atomic mass is 10.2. The molecule has 0 bridgehead atoms. The van der Waals surface area contributed by atoms with Gasteiger partial charge in [0.2, 0.25) is 0 Å². The fourth-order valence-corrected chi connectivity index (χ4v) is 3.16. The fourth-order valence-electron chi connectivity index (χ4n) is 2.45. The lowest BCUT2D eigenvalue weighted by Gasteiger charge is -2.14. The van der Waals surface area contributed by atoms with Crippen molar-refractivity contribution in [2.45, 2.75) is 13.2 Å². The summed E-state index contributed by atoms with van der Waals surface area (Å²) in [5.41, 5.74) is 2.26. The van der Waals surface area contributed by atoms with Crippen LogP contribution in [0.25, 0.3) is 0 Å². The van der Waals surface area contributed by atoms with E-state index in [1.807, 2.05) is 24.3 Å². The third kappa shape index (κ3) is 4.98. The van der Waals surface area contributed by atoms with Gasteiger partial charge in [-0.25, -0.2) is 4.39 Å². The van der Waals surface area contributed by atoms with Crippen molar-refractivity contribution in [2.24, 2.45) is 0 Å². The molecular weight excluding hydrogens is 412 g/mol. The van der Waals surface area contributed by atoms with Crippen LogP contribution in [-0.4, -0.2) is 5.11 Å². The number of nitrogens with one attached hydrogen (secondary N) is 1. The summed E-state index contributed by atoms with van der Waals surface area (Å²) >= 11 is 17.9. The third-order valence-electron chi connectivity index (χ3n) is 3.87. The summed E-state index contributed by atoms with van der Waals surface area (Å²) in [6.07, 6.45) is 0. The highest BCUT2D eigenvalue weighted by molar-refractivity contribution is 6.37. The van der Waals surface area contributed by atoms with E-state index in [1.54, 1.807) is 18.2 Å². The van der Waals surface area contributed by atoms with Crippen LogP contribution < -0.4 is 10.1 Å². The van der Waals surface area contributed by atoms with Crippen molar-refractivity contribution in [1.82, 2.24) is 0 Å². The topological polar surface area (TPSA) is 41.5 Å². The first-order valence-electron chi connectivity index (χ1n) is 8.00. The SMILES string of the molecule is Oc1c(Cl)cc(NCc2ccccc2OCc2ccc(F)cc2Cl)cc1Cl. The maximum absolute atomic E-state index is 13.2. The molecule has 140 valence electrons. The molecule has 0 saturated heterocycles. The molecule has 0 unspecified atom stereocenters. The summed E-state index contributed by atoms with van der Waals surface area (Å²) in [5.74, 6) is 0.129. The van der Waals surface area contributed by atoms with Crippen molar-refractivity contribution in [3.8, 4) is 11.5 Å². The van der Waals surface area contributed by atoms with Gasteiger partial charge >= 0.3 is 0 Å². The van der Waals surface area contributed by atoms with E-state index in [9.17, 15) is 9.50 Å². The first-order chi connectivity index (χ1) is 12.9. The predicted octanol–water partition coefficient (Wildman–Crippen LogP) is 6.68. The van der Waals surface area contributed by atoms with E-state index in [0.29, 0.717) is 28.6 Å². The molecule has 0 heterocycles. The average molecular weight is 427 g/mol. The molecule has 0 aliphatic carbocycles. The second-order valence-electron chi connectivity index (χ2n) is 5.77. The number of benzene rings is 3. The molecule has 3 nitrogen and oxygen atoms in total. The molecule has 0 aromatic heterocycles. The van der Waals surface area contributed by atoms with Gasteiger partial charge in [-0.05, 0) is 30.3 Å². The van der Waals surface area contributed by atoms with Crippen LogP contribution in [0, 0.1) is 5.82 Å². The standard InChI is InChI=1S/C20H15Cl3FNO2/c21-16-7-14(24)6-5-13(16)11-27-19-4-2-1-3-12(19)10-25-15-8-17(22)20(26)18(23)9-15/h1-9,25-26H,10-11H2. The van der Waals surface area contributed by atoms with Crippen LogP contribution in [0.3, 0.4) is 0 Å². The third-order valence-corrected chi connectivity index (χ3v) is 4.80. The Bertz CT molecular complexity index is 943. The second kappa shape index (κ2) is 8.70. The number of hydrogen-bond acceptors (Lipinski definition) is 3. The maximum Gasteiger partial charge on any atom is 0.152 e. The molecule has 0 aliphatic heterocycles. The number of phenols is 1. The molecule has 0 amide bonds. The van der Waals surface area contributed by atoms with Crippen LogP contribution in [0.5, 0.6) is 11.5 Å². The smallest absolute Gasteiger partial charge is 0.152 e. The summed E-state index contributed by atoms with van der Waals surface area (Å²) in [6.45, 7) is 0.664. The molecular formula is C20H15Cl3FNO2. The van der Waals surface area contributed by atoms with E-state index in [2.05, 4.69) is 5.32 Å². The monoisotopic (exact) mass is 425 g/mol. The first-order valence-corrected chi connectivity index (χ1v) is 9.14. The van der Waals surface area contributed by atoms with Gasteiger partial charge in [0, 0.05) is 23.4 Å². The van der Waals surface area contributed by atoms with Gasteiger partial charge in [-0.1, -0.05) is 59.1 Å². The minimum atomic E-state index is -0.389. The number of aromatic hydroxyl groups is 1. The summed E-state index contributed by atoms with van der Waals surface area (Å²) in [7, 11) is 0. The van der Waals surface area contributed by atoms with Crippen molar-refractivity contribution in [3.05, 3.63) is 86.6 Å². The molecule has 27 heavy (non-hydrogen) atoms. The molecule has 0 atom stereocenters. The largest absolute Gasteiger partial charge is 0.505 e. The molecule has 3 aromatic rings. The molecule has 3 aromatic carbocycles. The Hall–Kier alpha value is -2.14. The zero-order valence-corrected chi connectivity index (χ0v) is 16.2. The lowest BCUT2D eigenvalue weighted by Crippen LogP contribution is -2.04. The van der Waals surface area contributed by atoms with Gasteiger partial charge in [0.1, 0.15) is 18.2 Å². The van der Waals surface area contributed by atoms with Gasteiger partial charge < -0.3 is 15.2 Å². The summed E-state index contributed by atoms with van der Waals surface area (Å²) < 4.78 is 19.0. The van der Waals surface area contributed by atoms with E-state index < -0.39 is 0 Å². The van der Waals surface area contributed by atoms with Gasteiger partial charge in [-0.3, -0.25) is 0 Å². The van der Waals surface area contributed by atoms with Crippen LogP contribution in [0.1, 0.15) is 11.1 Å². The molecule has 0 spiro atoms. The van der Waals surface area contributed by atoms with Crippen molar-refractivity contribution >= 4 is 40.5 Å². The van der Waals surface area contributed by atoms with Crippen molar-refractivity contribution < 1.29 is 14.2 Å². The Balaban J connectivity index is 1.70. The van der Waals surface area contributed by atoms with Gasteiger partial charge in [-0.2, -0.15) is 0 Å². The number of halogens is 4. The minimum Gasteiger partial charge on any atom is -0.505 e. The number of anilines is 1. The van der Waals surface area contributed by atoms with E-state index in [-0.39, 0.29) is 28.2 Å². The number of ether oxygens (including phenoxy) is 1. The molecule has 2 N–H and O–H groups in total. The number of hydrogen-bond donors (Lipinski definition) is 2. The number of para-hydroxylation sites is 1. The van der Waals surface area contributed by atoms with Crippen LogP contribution >= 0.6 is 34.8 Å². The molecule has 3 rings (SSSR count). The molecule has 0 radical (unpaired) electrons. The highest BCUT2D eigenvalue weighted by Gasteiger charge is 2.09. The second-order valence-corrected chi connectivity index (χ2v) is 7.00. The zero-order valence-electron chi connectivity index (χ0n) is 14.0. The van der Waals surface area contributed by atoms with Gasteiger partial charge in [0.05, 0.1) is 15.1 Å². The summed E-state index contributed by atoms with van der Waals surface area (Å²) in [6, 6.07) is 14.9. The molecule has 0 saturated carbocycles. The molecule has 0 fully saturated rings.